The number of hydrogen-bond donors (Lipinski definition) is 4. The van der Waals surface area contributed by atoms with Crippen molar-refractivity contribution in [2.75, 3.05) is 24.7 Å². The molecule has 256 valence electrons. The first-order valence-electron chi connectivity index (χ1n) is 16.4. The van der Waals surface area contributed by atoms with Crippen LogP contribution >= 0.6 is 0 Å². The molecule has 0 aliphatic carbocycles. The van der Waals surface area contributed by atoms with Gasteiger partial charge in [-0.2, -0.15) is 0 Å². The number of carboxylic acids is 1. The van der Waals surface area contributed by atoms with Crippen molar-refractivity contribution in [3.63, 3.8) is 0 Å². The average molecular weight is 664 g/mol. The smallest absolute Gasteiger partial charge is 0.326 e. The van der Waals surface area contributed by atoms with Crippen LogP contribution in [0.25, 0.3) is 0 Å². The molecule has 2 aliphatic heterocycles. The van der Waals surface area contributed by atoms with Crippen molar-refractivity contribution in [1.29, 1.82) is 0 Å². The second kappa shape index (κ2) is 15.4. The Bertz CT molecular complexity index is 1560. The molecule has 2 heterocycles. The molecule has 48 heavy (non-hydrogen) atoms. The van der Waals surface area contributed by atoms with Gasteiger partial charge in [0.1, 0.15) is 17.7 Å². The lowest BCUT2D eigenvalue weighted by Crippen LogP contribution is -2.63. The highest BCUT2D eigenvalue weighted by Gasteiger charge is 2.48. The largest absolute Gasteiger partial charge is 0.480 e. The number of aryl methyl sites for hydroxylation is 1. The number of anilines is 1. The summed E-state index contributed by atoms with van der Waals surface area (Å²) < 4.78 is 32.4. The molecule has 2 unspecified atom stereocenters. The summed E-state index contributed by atoms with van der Waals surface area (Å²) in [5.74, 6) is -2.87. The number of rotatable bonds is 16. The number of β-lactam (4-membered cyclic amide) rings is 1. The molecule has 4 N–H and O–H groups in total. The number of halogens is 2. The van der Waals surface area contributed by atoms with E-state index in [9.17, 15) is 33.4 Å². The maximum Gasteiger partial charge on any atom is 0.326 e. The number of benzene rings is 3. The number of ether oxygens (including phenoxy) is 1. The van der Waals surface area contributed by atoms with E-state index in [1.807, 2.05) is 24.3 Å². The van der Waals surface area contributed by atoms with Gasteiger partial charge in [-0.05, 0) is 91.2 Å². The van der Waals surface area contributed by atoms with Gasteiger partial charge in [0.25, 0.3) is 0 Å². The van der Waals surface area contributed by atoms with Crippen LogP contribution < -0.4 is 15.5 Å². The monoisotopic (exact) mass is 663 g/mol. The Hall–Kier alpha value is -4.19. The Morgan fingerprint density at radius 1 is 0.979 bits per heavy atom. The predicted molar refractivity (Wildman–Crippen MR) is 176 cm³/mol. The minimum Gasteiger partial charge on any atom is -0.480 e. The molecule has 2 amide bonds. The third-order valence-corrected chi connectivity index (χ3v) is 9.29. The van der Waals surface area contributed by atoms with E-state index < -0.39 is 29.5 Å². The van der Waals surface area contributed by atoms with E-state index >= 15 is 0 Å². The third kappa shape index (κ3) is 8.26. The zero-order chi connectivity index (χ0) is 34.4. The number of hydrogen-bond acceptors (Lipinski definition) is 6. The van der Waals surface area contributed by atoms with Gasteiger partial charge in [-0.15, -0.1) is 0 Å². The topological polar surface area (TPSA) is 128 Å². The molecule has 2 aliphatic rings. The Morgan fingerprint density at radius 2 is 1.60 bits per heavy atom. The molecule has 3 aromatic carbocycles. The Balaban J connectivity index is 1.18. The molecule has 4 atom stereocenters. The lowest BCUT2D eigenvalue weighted by atomic mass is 9.78. The normalized spacial score (nSPS) is 19.7. The van der Waals surface area contributed by atoms with E-state index in [2.05, 4.69) is 10.6 Å². The quantitative estimate of drug-likeness (QED) is 0.124. The third-order valence-electron chi connectivity index (χ3n) is 9.29. The van der Waals surface area contributed by atoms with Crippen LogP contribution in [0.4, 0.5) is 14.5 Å². The second-order valence-electron chi connectivity index (χ2n) is 13.2. The summed E-state index contributed by atoms with van der Waals surface area (Å²) in [6, 6.07) is 18.3. The molecule has 11 heteroatoms. The van der Waals surface area contributed by atoms with Crippen molar-refractivity contribution in [1.82, 2.24) is 10.6 Å². The highest BCUT2D eigenvalue weighted by atomic mass is 19.1. The van der Waals surface area contributed by atoms with E-state index in [-0.39, 0.29) is 41.9 Å². The van der Waals surface area contributed by atoms with Crippen LogP contribution in [-0.4, -0.2) is 59.3 Å². The molecular formula is C37H43F2N3O6. The van der Waals surface area contributed by atoms with Gasteiger partial charge >= 0.3 is 5.97 Å². The van der Waals surface area contributed by atoms with Crippen LogP contribution in [0.3, 0.4) is 0 Å². The summed E-state index contributed by atoms with van der Waals surface area (Å²) >= 11 is 0. The lowest BCUT2D eigenvalue weighted by molar-refractivity contribution is -0.144. The zero-order valence-corrected chi connectivity index (χ0v) is 27.2. The zero-order valence-electron chi connectivity index (χ0n) is 27.2. The molecular weight excluding hydrogens is 620 g/mol. The van der Waals surface area contributed by atoms with Crippen LogP contribution in [0.2, 0.25) is 0 Å². The summed E-state index contributed by atoms with van der Waals surface area (Å²) in [6.45, 7) is 4.89. The molecule has 0 spiro atoms. The highest BCUT2D eigenvalue weighted by Crippen LogP contribution is 2.46. The molecule has 2 fully saturated rings. The fourth-order valence-electron chi connectivity index (χ4n) is 6.48. The minimum absolute atomic E-state index is 0.0988. The summed E-state index contributed by atoms with van der Waals surface area (Å²) in [5, 5.41) is 26.2. The maximum absolute atomic E-state index is 13.7. The molecule has 0 aromatic heterocycles. The Kier molecular flexibility index (Phi) is 11.2. The summed E-state index contributed by atoms with van der Waals surface area (Å²) in [7, 11) is 0. The van der Waals surface area contributed by atoms with Crippen molar-refractivity contribution in [2.24, 2.45) is 11.8 Å². The van der Waals surface area contributed by atoms with E-state index in [1.165, 1.54) is 24.3 Å². The predicted octanol–water partition coefficient (Wildman–Crippen LogP) is 5.09. The minimum atomic E-state index is -1.06. The number of aliphatic carboxylic acids is 1. The summed E-state index contributed by atoms with van der Waals surface area (Å²) in [5.41, 5.74) is 2.70. The molecule has 0 radical (unpaired) electrons. The van der Waals surface area contributed by atoms with E-state index in [1.54, 1.807) is 43.0 Å². The van der Waals surface area contributed by atoms with Gasteiger partial charge in [-0.25, -0.2) is 13.6 Å². The fraction of sp³-hybridized carbons (Fsp3) is 0.432. The van der Waals surface area contributed by atoms with Gasteiger partial charge in [0, 0.05) is 12.1 Å². The van der Waals surface area contributed by atoms with Gasteiger partial charge in [-0.1, -0.05) is 50.2 Å². The molecule has 2 saturated heterocycles. The van der Waals surface area contributed by atoms with Crippen LogP contribution in [0, 0.1) is 23.5 Å². The Morgan fingerprint density at radius 3 is 2.17 bits per heavy atom. The van der Waals surface area contributed by atoms with Crippen LogP contribution in [0.1, 0.15) is 68.4 Å². The van der Waals surface area contributed by atoms with Gasteiger partial charge in [0.05, 0.1) is 36.8 Å². The molecule has 0 bridgehead atoms. The molecule has 9 nitrogen and oxygen atoms in total. The number of nitrogens with zero attached hydrogens (tertiary/aromatic N) is 1. The first-order chi connectivity index (χ1) is 23.0. The van der Waals surface area contributed by atoms with Gasteiger partial charge < -0.3 is 30.5 Å². The number of nitrogens with one attached hydrogen (secondary N) is 2. The lowest BCUT2D eigenvalue weighted by Gasteiger charge is -2.48. The van der Waals surface area contributed by atoms with Gasteiger partial charge in [-0.3, -0.25) is 9.59 Å². The number of aliphatic hydroxyl groups excluding tert-OH is 1. The summed E-state index contributed by atoms with van der Waals surface area (Å²) in [6.07, 6.45) is 1.60. The first kappa shape index (κ1) is 35.1. The standard InChI is InChI=1S/C37H43F2N3O6/c1-23(2)33(36(46)47)41-32(44)20-37(21-48-22-37)40-19-3-4-24-5-7-26(8-6-24)34-30(17-18-31(43)25-9-11-27(38)12-10-25)35(45)42(34)29-15-13-28(39)14-16-29/h5-16,23,30-31,33-34,40,43H,3-4,17-22H2,1-2H3,(H,41,44)(H,46,47)/t30-,31?,33?,34-/m1/s1. The SMILES string of the molecule is CC(C)C(NC(=O)CC1(NCCCc2ccc([C@@H]3[C@@H](CCC(O)c4ccc(F)cc4)C(=O)N3c3ccc(F)cc3)cc2)COC1)C(=O)O. The number of aliphatic hydroxyl groups is 1. The average Bonchev–Trinajstić information content (AvgIpc) is 3.04. The number of carboxylic acid groups (broad SMARTS) is 1. The maximum atomic E-state index is 13.7. The number of carbonyl (C=O) groups is 3. The van der Waals surface area contributed by atoms with E-state index in [0.29, 0.717) is 43.9 Å². The Labute approximate surface area is 279 Å². The second-order valence-corrected chi connectivity index (χ2v) is 13.2. The molecule has 0 saturated carbocycles. The van der Waals surface area contributed by atoms with E-state index in [0.717, 1.165) is 24.0 Å². The van der Waals surface area contributed by atoms with E-state index in [4.69, 9.17) is 4.74 Å². The molecule has 3 aromatic rings. The van der Waals surface area contributed by atoms with Crippen molar-refractivity contribution >= 4 is 23.5 Å². The van der Waals surface area contributed by atoms with Crippen molar-refractivity contribution < 1.29 is 38.1 Å². The van der Waals surface area contributed by atoms with Crippen molar-refractivity contribution in [2.45, 2.75) is 69.7 Å². The van der Waals surface area contributed by atoms with Crippen molar-refractivity contribution in [3.8, 4) is 0 Å². The molecule has 5 rings (SSSR count). The van der Waals surface area contributed by atoms with Crippen LogP contribution in [-0.2, 0) is 25.5 Å². The summed E-state index contributed by atoms with van der Waals surface area (Å²) in [4.78, 5) is 39.2. The number of amides is 2. The fourth-order valence-corrected chi connectivity index (χ4v) is 6.48. The van der Waals surface area contributed by atoms with Gasteiger partial charge in [0.2, 0.25) is 11.8 Å². The van der Waals surface area contributed by atoms with Crippen LogP contribution in [0.15, 0.2) is 72.8 Å². The first-order valence-corrected chi connectivity index (χ1v) is 16.4. The van der Waals surface area contributed by atoms with Gasteiger partial charge in [0.15, 0.2) is 0 Å². The van der Waals surface area contributed by atoms with Crippen molar-refractivity contribution in [3.05, 3.63) is 101 Å². The highest BCUT2D eigenvalue weighted by molar-refractivity contribution is 6.03. The number of carbonyl (C=O) groups excluding carboxylic acids is 2. The van der Waals surface area contributed by atoms with Crippen LogP contribution in [0.5, 0.6) is 0 Å².